The Morgan fingerprint density at radius 2 is 2.25 bits per heavy atom. The summed E-state index contributed by atoms with van der Waals surface area (Å²) in [5.41, 5.74) is 0.992. The molecule has 4 heteroatoms. The summed E-state index contributed by atoms with van der Waals surface area (Å²) in [7, 11) is 0. The Kier molecular flexibility index (Phi) is 4.31. The third-order valence-corrected chi connectivity index (χ3v) is 4.24. The molecule has 4 nitrogen and oxygen atoms in total. The predicted molar refractivity (Wildman–Crippen MR) is 78.1 cm³/mol. The van der Waals surface area contributed by atoms with Crippen molar-refractivity contribution in [2.75, 3.05) is 6.54 Å². The molecule has 1 aliphatic carbocycles. The van der Waals surface area contributed by atoms with Crippen LogP contribution in [-0.4, -0.2) is 34.4 Å². The molecular formula is C16H23N3O. The zero-order chi connectivity index (χ0) is 13.8. The van der Waals surface area contributed by atoms with Crippen molar-refractivity contribution in [1.82, 2.24) is 15.2 Å². The van der Waals surface area contributed by atoms with Gasteiger partial charge in [-0.3, -0.25) is 9.78 Å². The van der Waals surface area contributed by atoms with Gasteiger partial charge in [0, 0.05) is 24.7 Å². The van der Waals surface area contributed by atoms with Gasteiger partial charge in [-0.2, -0.15) is 0 Å². The van der Waals surface area contributed by atoms with Gasteiger partial charge in [-0.05, 0) is 50.8 Å². The van der Waals surface area contributed by atoms with Gasteiger partial charge in [-0.15, -0.1) is 0 Å². The third-order valence-electron chi connectivity index (χ3n) is 4.24. The number of carbonyl (C=O) groups excluding carboxylic acids is 1. The SMILES string of the molecule is O=C(CCC1CCCN1)N(Cc1ccccn1)C1CC1. The zero-order valence-corrected chi connectivity index (χ0v) is 11.9. The molecule has 0 bridgehead atoms. The van der Waals surface area contributed by atoms with Crippen LogP contribution in [0.25, 0.3) is 0 Å². The first-order chi connectivity index (χ1) is 9.83. The fourth-order valence-electron chi connectivity index (χ4n) is 2.92. The molecule has 1 aromatic rings. The van der Waals surface area contributed by atoms with E-state index < -0.39 is 0 Å². The normalized spacial score (nSPS) is 21.9. The average Bonchev–Trinajstić information content (AvgIpc) is 3.19. The number of nitrogens with one attached hydrogen (secondary N) is 1. The van der Waals surface area contributed by atoms with E-state index in [0.717, 1.165) is 31.5 Å². The summed E-state index contributed by atoms with van der Waals surface area (Å²) in [6, 6.07) is 6.91. The van der Waals surface area contributed by atoms with Gasteiger partial charge >= 0.3 is 0 Å². The summed E-state index contributed by atoms with van der Waals surface area (Å²) in [6.07, 6.45) is 8.22. The van der Waals surface area contributed by atoms with Crippen molar-refractivity contribution in [2.24, 2.45) is 0 Å². The third kappa shape index (κ3) is 3.57. The van der Waals surface area contributed by atoms with Crippen LogP contribution in [0.4, 0.5) is 0 Å². The Morgan fingerprint density at radius 1 is 1.35 bits per heavy atom. The minimum Gasteiger partial charge on any atom is -0.334 e. The van der Waals surface area contributed by atoms with Crippen LogP contribution in [-0.2, 0) is 11.3 Å². The first-order valence-electron chi connectivity index (χ1n) is 7.75. The van der Waals surface area contributed by atoms with Crippen LogP contribution in [0.1, 0.15) is 44.2 Å². The smallest absolute Gasteiger partial charge is 0.223 e. The lowest BCUT2D eigenvalue weighted by Crippen LogP contribution is -2.34. The highest BCUT2D eigenvalue weighted by Crippen LogP contribution is 2.29. The second-order valence-corrected chi connectivity index (χ2v) is 5.91. The van der Waals surface area contributed by atoms with E-state index in [9.17, 15) is 4.79 Å². The molecule has 2 fully saturated rings. The molecule has 0 radical (unpaired) electrons. The lowest BCUT2D eigenvalue weighted by atomic mass is 10.1. The number of amides is 1. The van der Waals surface area contributed by atoms with E-state index in [0.29, 0.717) is 31.0 Å². The van der Waals surface area contributed by atoms with Crippen molar-refractivity contribution in [3.63, 3.8) is 0 Å². The van der Waals surface area contributed by atoms with E-state index >= 15 is 0 Å². The lowest BCUT2D eigenvalue weighted by Gasteiger charge is -2.23. The van der Waals surface area contributed by atoms with Gasteiger partial charge in [0.25, 0.3) is 0 Å². The van der Waals surface area contributed by atoms with Crippen LogP contribution in [0.3, 0.4) is 0 Å². The van der Waals surface area contributed by atoms with E-state index in [-0.39, 0.29) is 0 Å². The Hall–Kier alpha value is -1.42. The van der Waals surface area contributed by atoms with Gasteiger partial charge < -0.3 is 10.2 Å². The van der Waals surface area contributed by atoms with Crippen molar-refractivity contribution in [1.29, 1.82) is 0 Å². The fraction of sp³-hybridized carbons (Fsp3) is 0.625. The highest BCUT2D eigenvalue weighted by Gasteiger charge is 2.32. The molecule has 1 aromatic heterocycles. The lowest BCUT2D eigenvalue weighted by molar-refractivity contribution is -0.132. The summed E-state index contributed by atoms with van der Waals surface area (Å²) in [5, 5.41) is 3.46. The van der Waals surface area contributed by atoms with Crippen LogP contribution >= 0.6 is 0 Å². The van der Waals surface area contributed by atoms with E-state index in [2.05, 4.69) is 10.3 Å². The molecule has 0 spiro atoms. The Bertz CT molecular complexity index is 438. The molecule has 1 saturated carbocycles. The molecule has 108 valence electrons. The maximum Gasteiger partial charge on any atom is 0.223 e. The first-order valence-corrected chi connectivity index (χ1v) is 7.75. The van der Waals surface area contributed by atoms with Gasteiger partial charge in [0.05, 0.1) is 12.2 Å². The van der Waals surface area contributed by atoms with Crippen molar-refractivity contribution in [3.05, 3.63) is 30.1 Å². The maximum atomic E-state index is 12.5. The van der Waals surface area contributed by atoms with Crippen molar-refractivity contribution in [2.45, 2.75) is 57.2 Å². The monoisotopic (exact) mass is 273 g/mol. The number of aromatic nitrogens is 1. The summed E-state index contributed by atoms with van der Waals surface area (Å²) in [6.45, 7) is 1.78. The summed E-state index contributed by atoms with van der Waals surface area (Å²) >= 11 is 0. The van der Waals surface area contributed by atoms with Crippen LogP contribution in [0.2, 0.25) is 0 Å². The summed E-state index contributed by atoms with van der Waals surface area (Å²) in [4.78, 5) is 18.8. The molecule has 1 atom stereocenters. The number of hydrogen-bond acceptors (Lipinski definition) is 3. The average molecular weight is 273 g/mol. The highest BCUT2D eigenvalue weighted by molar-refractivity contribution is 5.76. The summed E-state index contributed by atoms with van der Waals surface area (Å²) in [5.74, 6) is 0.298. The minimum absolute atomic E-state index is 0.298. The predicted octanol–water partition coefficient (Wildman–Crippen LogP) is 2.10. The highest BCUT2D eigenvalue weighted by atomic mass is 16.2. The van der Waals surface area contributed by atoms with Gasteiger partial charge in [0.2, 0.25) is 5.91 Å². The molecule has 2 heterocycles. The number of nitrogens with zero attached hydrogens (tertiary/aromatic N) is 2. The molecule has 0 aromatic carbocycles. The zero-order valence-electron chi connectivity index (χ0n) is 11.9. The minimum atomic E-state index is 0.298. The molecule has 1 aliphatic heterocycles. The molecule has 1 N–H and O–H groups in total. The first kappa shape index (κ1) is 13.6. The largest absolute Gasteiger partial charge is 0.334 e. The second-order valence-electron chi connectivity index (χ2n) is 5.91. The summed E-state index contributed by atoms with van der Waals surface area (Å²) < 4.78 is 0. The van der Waals surface area contributed by atoms with Crippen molar-refractivity contribution >= 4 is 5.91 Å². The van der Waals surface area contributed by atoms with Crippen LogP contribution in [0.15, 0.2) is 24.4 Å². The van der Waals surface area contributed by atoms with Crippen LogP contribution < -0.4 is 5.32 Å². The number of rotatable bonds is 6. The van der Waals surface area contributed by atoms with Crippen molar-refractivity contribution in [3.8, 4) is 0 Å². The van der Waals surface area contributed by atoms with E-state index in [1.54, 1.807) is 6.20 Å². The molecule has 1 amide bonds. The van der Waals surface area contributed by atoms with E-state index in [4.69, 9.17) is 0 Å². The molecule has 1 unspecified atom stereocenters. The van der Waals surface area contributed by atoms with Crippen LogP contribution in [0.5, 0.6) is 0 Å². The maximum absolute atomic E-state index is 12.5. The molecule has 3 rings (SSSR count). The fourth-order valence-corrected chi connectivity index (χ4v) is 2.92. The Labute approximate surface area is 120 Å². The van der Waals surface area contributed by atoms with Gasteiger partial charge in [-0.25, -0.2) is 0 Å². The number of carbonyl (C=O) groups is 1. The Morgan fingerprint density at radius 3 is 2.90 bits per heavy atom. The quantitative estimate of drug-likeness (QED) is 0.863. The topological polar surface area (TPSA) is 45.2 Å². The van der Waals surface area contributed by atoms with Gasteiger partial charge in [0.1, 0.15) is 0 Å². The second kappa shape index (κ2) is 6.35. The molecule has 20 heavy (non-hydrogen) atoms. The molecule has 2 aliphatic rings. The van der Waals surface area contributed by atoms with Gasteiger partial charge in [0.15, 0.2) is 0 Å². The number of hydrogen-bond donors (Lipinski definition) is 1. The van der Waals surface area contributed by atoms with Crippen LogP contribution in [0, 0.1) is 0 Å². The Balaban J connectivity index is 1.54. The van der Waals surface area contributed by atoms with Gasteiger partial charge in [-0.1, -0.05) is 6.07 Å². The standard InChI is InChI=1S/C16H23N3O/c20-16(9-6-13-5-3-11-17-13)19(15-7-8-15)12-14-4-1-2-10-18-14/h1-2,4,10,13,15,17H,3,5-9,11-12H2. The van der Waals surface area contributed by atoms with Crippen molar-refractivity contribution < 1.29 is 4.79 Å². The molecule has 1 saturated heterocycles. The van der Waals surface area contributed by atoms with E-state index in [1.807, 2.05) is 23.1 Å². The van der Waals surface area contributed by atoms with E-state index in [1.165, 1.54) is 12.8 Å². The molecular weight excluding hydrogens is 250 g/mol. The number of pyridine rings is 1.